The van der Waals surface area contributed by atoms with Gasteiger partial charge in [0.05, 0.1) is 0 Å². The minimum absolute atomic E-state index is 0.111. The summed E-state index contributed by atoms with van der Waals surface area (Å²) in [6.07, 6.45) is 4.01. The van der Waals surface area contributed by atoms with Gasteiger partial charge in [0.15, 0.2) is 0 Å². The number of anilines is 2. The molecule has 156 valence electrons. The van der Waals surface area contributed by atoms with Crippen LogP contribution in [0.15, 0.2) is 18.2 Å². The lowest BCUT2D eigenvalue weighted by atomic mass is 9.85. The van der Waals surface area contributed by atoms with Crippen LogP contribution >= 0.6 is 0 Å². The third-order valence-corrected chi connectivity index (χ3v) is 5.67. The Morgan fingerprint density at radius 2 is 1.86 bits per heavy atom. The SMILES string of the molecule is CC[C@@H](C)N(Cc1cc(NC(=O)C2CCC2)ccc1N(C)C)C(=O)C(C)(C)C. The van der Waals surface area contributed by atoms with Crippen LogP contribution in [-0.2, 0) is 16.1 Å². The van der Waals surface area contributed by atoms with Crippen LogP contribution in [0.5, 0.6) is 0 Å². The first-order chi connectivity index (χ1) is 13.0. The van der Waals surface area contributed by atoms with Crippen molar-refractivity contribution in [1.82, 2.24) is 4.90 Å². The summed E-state index contributed by atoms with van der Waals surface area (Å²) in [4.78, 5) is 29.5. The van der Waals surface area contributed by atoms with Gasteiger partial charge in [0.1, 0.15) is 0 Å². The number of hydrogen-bond acceptors (Lipinski definition) is 3. The van der Waals surface area contributed by atoms with Crippen molar-refractivity contribution in [2.75, 3.05) is 24.3 Å². The highest BCUT2D eigenvalue weighted by Gasteiger charge is 2.30. The highest BCUT2D eigenvalue weighted by Crippen LogP contribution is 2.30. The van der Waals surface area contributed by atoms with Crippen molar-refractivity contribution in [3.63, 3.8) is 0 Å². The van der Waals surface area contributed by atoms with Crippen LogP contribution in [-0.4, -0.2) is 36.9 Å². The minimum Gasteiger partial charge on any atom is -0.377 e. The molecule has 1 aromatic carbocycles. The number of carbonyl (C=O) groups excluding carboxylic acids is 2. The molecule has 1 aliphatic rings. The molecule has 5 nitrogen and oxygen atoms in total. The smallest absolute Gasteiger partial charge is 0.228 e. The molecule has 1 N–H and O–H groups in total. The van der Waals surface area contributed by atoms with E-state index in [1.165, 1.54) is 0 Å². The molecule has 0 aromatic heterocycles. The lowest BCUT2D eigenvalue weighted by molar-refractivity contribution is -0.142. The first-order valence-corrected chi connectivity index (χ1v) is 10.5. The third-order valence-electron chi connectivity index (χ3n) is 5.67. The molecule has 0 spiro atoms. The van der Waals surface area contributed by atoms with Crippen molar-refractivity contribution < 1.29 is 9.59 Å². The normalized spacial score (nSPS) is 15.5. The van der Waals surface area contributed by atoms with Crippen molar-refractivity contribution in [2.45, 2.75) is 72.9 Å². The molecule has 0 aliphatic heterocycles. The summed E-state index contributed by atoms with van der Waals surface area (Å²) >= 11 is 0. The predicted molar refractivity (Wildman–Crippen MR) is 116 cm³/mol. The van der Waals surface area contributed by atoms with Gasteiger partial charge in [0.25, 0.3) is 0 Å². The van der Waals surface area contributed by atoms with Crippen molar-refractivity contribution in [1.29, 1.82) is 0 Å². The molecule has 1 aliphatic carbocycles. The first-order valence-electron chi connectivity index (χ1n) is 10.5. The second-order valence-electron chi connectivity index (χ2n) is 9.30. The van der Waals surface area contributed by atoms with E-state index in [0.29, 0.717) is 6.54 Å². The number of amides is 2. The molecule has 1 aromatic rings. The van der Waals surface area contributed by atoms with Crippen molar-refractivity contribution in [3.8, 4) is 0 Å². The molecular formula is C23H37N3O2. The average molecular weight is 388 g/mol. The molecule has 28 heavy (non-hydrogen) atoms. The predicted octanol–water partition coefficient (Wildman–Crippen LogP) is 4.66. The van der Waals surface area contributed by atoms with Crippen LogP contribution in [0.2, 0.25) is 0 Å². The van der Waals surface area contributed by atoms with Gasteiger partial charge in [-0.1, -0.05) is 34.1 Å². The Labute approximate surface area is 170 Å². The highest BCUT2D eigenvalue weighted by molar-refractivity contribution is 5.93. The lowest BCUT2D eigenvalue weighted by Gasteiger charge is -2.35. The number of nitrogens with zero attached hydrogens (tertiary/aromatic N) is 2. The zero-order chi connectivity index (χ0) is 21.1. The molecular weight excluding hydrogens is 350 g/mol. The van der Waals surface area contributed by atoms with Gasteiger partial charge in [-0.15, -0.1) is 0 Å². The Morgan fingerprint density at radius 1 is 1.21 bits per heavy atom. The number of benzene rings is 1. The summed E-state index contributed by atoms with van der Waals surface area (Å²) in [7, 11) is 4.01. The molecule has 0 heterocycles. The van der Waals surface area contributed by atoms with Crippen molar-refractivity contribution >= 4 is 23.2 Å². The van der Waals surface area contributed by atoms with Gasteiger partial charge in [-0.05, 0) is 49.9 Å². The Balaban J connectivity index is 2.32. The van der Waals surface area contributed by atoms with E-state index in [1.807, 2.05) is 58.0 Å². The largest absolute Gasteiger partial charge is 0.377 e. The summed E-state index contributed by atoms with van der Waals surface area (Å²) in [5, 5.41) is 3.07. The zero-order valence-electron chi connectivity index (χ0n) is 18.6. The fourth-order valence-electron chi connectivity index (χ4n) is 3.40. The summed E-state index contributed by atoms with van der Waals surface area (Å²) in [6, 6.07) is 6.16. The molecule has 2 amide bonds. The Kier molecular flexibility index (Phi) is 7.13. The zero-order valence-corrected chi connectivity index (χ0v) is 18.6. The number of carbonyl (C=O) groups is 2. The van der Waals surface area contributed by atoms with E-state index < -0.39 is 5.41 Å². The summed E-state index contributed by atoms with van der Waals surface area (Å²) in [6.45, 7) is 10.6. The number of hydrogen-bond donors (Lipinski definition) is 1. The first kappa shape index (κ1) is 22.3. The maximum atomic E-state index is 13.1. The van der Waals surface area contributed by atoms with Crippen molar-refractivity contribution in [2.24, 2.45) is 11.3 Å². The van der Waals surface area contributed by atoms with Gasteiger partial charge >= 0.3 is 0 Å². The number of nitrogens with one attached hydrogen (secondary N) is 1. The van der Waals surface area contributed by atoms with Crippen LogP contribution in [0.4, 0.5) is 11.4 Å². The van der Waals surface area contributed by atoms with Gasteiger partial charge in [0.2, 0.25) is 11.8 Å². The van der Waals surface area contributed by atoms with E-state index in [2.05, 4.69) is 24.1 Å². The fraction of sp³-hybridized carbons (Fsp3) is 0.652. The van der Waals surface area contributed by atoms with Crippen molar-refractivity contribution in [3.05, 3.63) is 23.8 Å². The molecule has 1 atom stereocenters. The highest BCUT2D eigenvalue weighted by atomic mass is 16.2. The van der Waals surface area contributed by atoms with E-state index in [1.54, 1.807) is 0 Å². The van der Waals surface area contributed by atoms with Crippen LogP contribution in [0.25, 0.3) is 0 Å². The Hall–Kier alpha value is -2.04. The Morgan fingerprint density at radius 3 is 2.32 bits per heavy atom. The van der Waals surface area contributed by atoms with E-state index >= 15 is 0 Å². The van der Waals surface area contributed by atoms with Gasteiger partial charge in [-0.2, -0.15) is 0 Å². The molecule has 0 radical (unpaired) electrons. The third kappa shape index (κ3) is 5.27. The topological polar surface area (TPSA) is 52.7 Å². The molecule has 5 heteroatoms. The second kappa shape index (κ2) is 8.97. The van der Waals surface area contributed by atoms with E-state index in [0.717, 1.165) is 42.6 Å². The molecule has 0 unspecified atom stereocenters. The van der Waals surface area contributed by atoms with E-state index in [4.69, 9.17) is 0 Å². The van der Waals surface area contributed by atoms with Gasteiger partial charge in [0, 0.05) is 49.4 Å². The summed E-state index contributed by atoms with van der Waals surface area (Å²) < 4.78 is 0. The quantitative estimate of drug-likeness (QED) is 0.740. The van der Waals surface area contributed by atoms with Gasteiger partial charge < -0.3 is 15.1 Å². The maximum absolute atomic E-state index is 13.1. The monoisotopic (exact) mass is 387 g/mol. The summed E-state index contributed by atoms with van der Waals surface area (Å²) in [5.74, 6) is 0.408. The van der Waals surface area contributed by atoms with Crippen LogP contribution in [0.3, 0.4) is 0 Å². The molecule has 1 saturated carbocycles. The lowest BCUT2D eigenvalue weighted by Crippen LogP contribution is -2.44. The summed E-state index contributed by atoms with van der Waals surface area (Å²) in [5.41, 5.74) is 2.49. The second-order valence-corrected chi connectivity index (χ2v) is 9.30. The molecule has 0 bridgehead atoms. The maximum Gasteiger partial charge on any atom is 0.228 e. The molecule has 1 fully saturated rings. The van der Waals surface area contributed by atoms with Crippen LogP contribution in [0.1, 0.15) is 65.9 Å². The van der Waals surface area contributed by atoms with Crippen LogP contribution < -0.4 is 10.2 Å². The van der Waals surface area contributed by atoms with Gasteiger partial charge in [-0.25, -0.2) is 0 Å². The standard InChI is InChI=1S/C23H37N3O2/c1-8-16(2)26(22(28)23(3,4)5)15-18-14-19(12-13-20(18)25(6)7)24-21(27)17-10-9-11-17/h12-14,16-17H,8-11,15H2,1-7H3,(H,24,27)/t16-/m1/s1. The molecule has 2 rings (SSSR count). The fourth-order valence-corrected chi connectivity index (χ4v) is 3.40. The van der Waals surface area contributed by atoms with E-state index in [-0.39, 0.29) is 23.8 Å². The average Bonchev–Trinajstić information content (AvgIpc) is 2.55. The Bertz CT molecular complexity index is 702. The van der Waals surface area contributed by atoms with Crippen LogP contribution in [0, 0.1) is 11.3 Å². The number of rotatable bonds is 7. The minimum atomic E-state index is -0.433. The van der Waals surface area contributed by atoms with Gasteiger partial charge in [-0.3, -0.25) is 9.59 Å². The van der Waals surface area contributed by atoms with E-state index in [9.17, 15) is 9.59 Å². The molecule has 0 saturated heterocycles.